The highest BCUT2D eigenvalue weighted by molar-refractivity contribution is 14.0. The van der Waals surface area contributed by atoms with E-state index < -0.39 is 29.0 Å². The molecule has 0 spiro atoms. The number of carbonyl (C=O) groups excluding carboxylic acids is 1. The average molecular weight is 562 g/mol. The number of carbonyl (C=O) groups is 1. The molecule has 32 heavy (non-hydrogen) atoms. The second-order valence-corrected chi connectivity index (χ2v) is 7.18. The Labute approximate surface area is 202 Å². The van der Waals surface area contributed by atoms with Crippen molar-refractivity contribution in [3.63, 3.8) is 0 Å². The molecule has 0 heterocycles. The van der Waals surface area contributed by atoms with Crippen molar-refractivity contribution in [2.24, 2.45) is 10.9 Å². The van der Waals surface area contributed by atoms with Gasteiger partial charge >= 0.3 is 0 Å². The van der Waals surface area contributed by atoms with Crippen molar-refractivity contribution in [1.82, 2.24) is 10.6 Å². The number of rotatable bonds is 9. The zero-order valence-electron chi connectivity index (χ0n) is 17.6. The standard InChI is InChI=1S/C22H25F3N4O2.HI/c1-2-26-22(27-11-15-5-3-4-6-18(15)31-13-14-7-8-14)28-12-19(30)29-17-10-9-16(23)20(24)21(17)25;/h3-6,9-10,14H,2,7-8,11-13H2,1H3,(H,29,30)(H2,26,27,28);1H. The van der Waals surface area contributed by atoms with Gasteiger partial charge in [0.2, 0.25) is 5.91 Å². The number of halogens is 4. The molecule has 10 heteroatoms. The monoisotopic (exact) mass is 562 g/mol. The van der Waals surface area contributed by atoms with E-state index in [-0.39, 0.29) is 30.5 Å². The number of hydrogen-bond acceptors (Lipinski definition) is 3. The van der Waals surface area contributed by atoms with Crippen molar-refractivity contribution < 1.29 is 22.7 Å². The third-order valence-corrected chi connectivity index (χ3v) is 4.62. The van der Waals surface area contributed by atoms with Crippen molar-refractivity contribution in [2.45, 2.75) is 26.3 Å². The Hall–Kier alpha value is -2.50. The van der Waals surface area contributed by atoms with Crippen molar-refractivity contribution in [3.05, 3.63) is 59.4 Å². The van der Waals surface area contributed by atoms with Crippen molar-refractivity contribution in [2.75, 3.05) is 25.0 Å². The van der Waals surface area contributed by atoms with Gasteiger partial charge in [0.15, 0.2) is 23.4 Å². The molecule has 3 rings (SSSR count). The van der Waals surface area contributed by atoms with Gasteiger partial charge in [-0.1, -0.05) is 18.2 Å². The molecule has 2 aromatic rings. The van der Waals surface area contributed by atoms with Gasteiger partial charge in [-0.25, -0.2) is 18.2 Å². The first-order valence-electron chi connectivity index (χ1n) is 10.1. The summed E-state index contributed by atoms with van der Waals surface area (Å²) in [6, 6.07) is 9.34. The van der Waals surface area contributed by atoms with Crippen LogP contribution in [0.15, 0.2) is 41.4 Å². The summed E-state index contributed by atoms with van der Waals surface area (Å²) in [5.41, 5.74) is 0.475. The number of nitrogens with one attached hydrogen (secondary N) is 3. The Morgan fingerprint density at radius 2 is 1.84 bits per heavy atom. The lowest BCUT2D eigenvalue weighted by molar-refractivity contribution is -0.115. The molecule has 1 aliphatic rings. The molecule has 0 aromatic heterocycles. The molecule has 174 valence electrons. The molecule has 0 atom stereocenters. The number of hydrogen-bond donors (Lipinski definition) is 3. The van der Waals surface area contributed by atoms with E-state index in [0.29, 0.717) is 31.6 Å². The summed E-state index contributed by atoms with van der Waals surface area (Å²) in [6.45, 7) is 3.21. The molecule has 1 amide bonds. The first-order valence-corrected chi connectivity index (χ1v) is 10.1. The third kappa shape index (κ3) is 7.57. The normalized spacial score (nSPS) is 13.2. The Balaban J connectivity index is 0.00000363. The van der Waals surface area contributed by atoms with Gasteiger partial charge in [0, 0.05) is 12.1 Å². The topological polar surface area (TPSA) is 74.8 Å². The van der Waals surface area contributed by atoms with Gasteiger partial charge < -0.3 is 20.7 Å². The Morgan fingerprint density at radius 1 is 1.09 bits per heavy atom. The van der Waals surface area contributed by atoms with Crippen LogP contribution in [0.2, 0.25) is 0 Å². The largest absolute Gasteiger partial charge is 0.493 e. The van der Waals surface area contributed by atoms with E-state index in [1.54, 1.807) is 0 Å². The van der Waals surface area contributed by atoms with E-state index in [1.807, 2.05) is 31.2 Å². The van der Waals surface area contributed by atoms with Crippen molar-refractivity contribution in [3.8, 4) is 5.75 Å². The predicted molar refractivity (Wildman–Crippen MR) is 128 cm³/mol. The first kappa shape index (κ1) is 25.8. The van der Waals surface area contributed by atoms with E-state index in [4.69, 9.17) is 4.74 Å². The maximum Gasteiger partial charge on any atom is 0.243 e. The third-order valence-electron chi connectivity index (χ3n) is 4.62. The van der Waals surface area contributed by atoms with Crippen LogP contribution in [0.4, 0.5) is 18.9 Å². The Morgan fingerprint density at radius 3 is 2.56 bits per heavy atom. The number of nitrogens with zero attached hydrogens (tertiary/aromatic N) is 1. The quantitative estimate of drug-likeness (QED) is 0.186. The molecule has 1 aliphatic carbocycles. The number of anilines is 1. The summed E-state index contributed by atoms with van der Waals surface area (Å²) >= 11 is 0. The number of amides is 1. The maximum absolute atomic E-state index is 13.7. The fraction of sp³-hybridized carbons (Fsp3) is 0.364. The molecule has 0 radical (unpaired) electrons. The van der Waals surface area contributed by atoms with Gasteiger partial charge in [0.1, 0.15) is 5.75 Å². The number of aliphatic imine (C=N–C) groups is 1. The van der Waals surface area contributed by atoms with Crippen LogP contribution in [0, 0.1) is 23.4 Å². The summed E-state index contributed by atoms with van der Waals surface area (Å²) < 4.78 is 45.9. The van der Waals surface area contributed by atoms with E-state index in [2.05, 4.69) is 20.9 Å². The predicted octanol–water partition coefficient (Wildman–Crippen LogP) is 4.20. The maximum atomic E-state index is 13.7. The van der Waals surface area contributed by atoms with Crippen LogP contribution in [0.5, 0.6) is 5.75 Å². The van der Waals surface area contributed by atoms with Crippen LogP contribution in [-0.2, 0) is 11.3 Å². The molecule has 0 bridgehead atoms. The smallest absolute Gasteiger partial charge is 0.243 e. The number of para-hydroxylation sites is 1. The molecular weight excluding hydrogens is 536 g/mol. The fourth-order valence-electron chi connectivity index (χ4n) is 2.75. The lowest BCUT2D eigenvalue weighted by Gasteiger charge is -2.13. The molecule has 3 N–H and O–H groups in total. The Kier molecular flexibility index (Phi) is 10.1. The van der Waals surface area contributed by atoms with Crippen LogP contribution in [-0.4, -0.2) is 31.6 Å². The van der Waals surface area contributed by atoms with Crippen molar-refractivity contribution >= 4 is 41.5 Å². The summed E-state index contributed by atoms with van der Waals surface area (Å²) in [4.78, 5) is 16.6. The lowest BCUT2D eigenvalue weighted by Crippen LogP contribution is -2.41. The van der Waals surface area contributed by atoms with Gasteiger partial charge in [0.25, 0.3) is 0 Å². The number of ether oxygens (including phenoxy) is 1. The second-order valence-electron chi connectivity index (χ2n) is 7.18. The summed E-state index contributed by atoms with van der Waals surface area (Å²) in [6.07, 6.45) is 2.40. The van der Waals surface area contributed by atoms with Crippen LogP contribution in [0.3, 0.4) is 0 Å². The number of benzene rings is 2. The number of guanidine groups is 1. The van der Waals surface area contributed by atoms with E-state index in [0.717, 1.165) is 23.4 Å². The highest BCUT2D eigenvalue weighted by atomic mass is 127. The van der Waals surface area contributed by atoms with Gasteiger partial charge in [0.05, 0.1) is 25.4 Å². The zero-order valence-corrected chi connectivity index (χ0v) is 19.9. The highest BCUT2D eigenvalue weighted by Gasteiger charge is 2.22. The van der Waals surface area contributed by atoms with E-state index in [1.165, 1.54) is 12.8 Å². The molecule has 2 aromatic carbocycles. The minimum atomic E-state index is -1.64. The molecule has 0 aliphatic heterocycles. The van der Waals surface area contributed by atoms with Gasteiger partial charge in [-0.15, -0.1) is 24.0 Å². The summed E-state index contributed by atoms with van der Waals surface area (Å²) in [5.74, 6) is -3.25. The molecule has 1 fully saturated rings. The molecular formula is C22H26F3IN4O2. The van der Waals surface area contributed by atoms with Crippen LogP contribution in [0.1, 0.15) is 25.3 Å². The highest BCUT2D eigenvalue weighted by Crippen LogP contribution is 2.30. The van der Waals surface area contributed by atoms with Crippen LogP contribution >= 0.6 is 24.0 Å². The first-order chi connectivity index (χ1) is 15.0. The molecule has 6 nitrogen and oxygen atoms in total. The molecule has 0 unspecified atom stereocenters. The lowest BCUT2D eigenvalue weighted by atomic mass is 10.2. The van der Waals surface area contributed by atoms with Crippen molar-refractivity contribution in [1.29, 1.82) is 0 Å². The van der Waals surface area contributed by atoms with Gasteiger partial charge in [-0.2, -0.15) is 0 Å². The zero-order chi connectivity index (χ0) is 22.2. The minimum Gasteiger partial charge on any atom is -0.493 e. The molecule has 0 saturated heterocycles. The van der Waals surface area contributed by atoms with E-state index >= 15 is 0 Å². The SMILES string of the molecule is CCNC(=NCc1ccccc1OCC1CC1)NCC(=O)Nc1ccc(F)c(F)c1F.I. The average Bonchev–Trinajstić information content (AvgIpc) is 3.60. The Bertz CT molecular complexity index is 955. The van der Waals surface area contributed by atoms with Crippen LogP contribution < -0.4 is 20.7 Å². The van der Waals surface area contributed by atoms with Gasteiger partial charge in [-0.3, -0.25) is 4.79 Å². The van der Waals surface area contributed by atoms with E-state index in [9.17, 15) is 18.0 Å². The molecule has 1 saturated carbocycles. The summed E-state index contributed by atoms with van der Waals surface area (Å²) in [5, 5.41) is 8.05. The van der Waals surface area contributed by atoms with Gasteiger partial charge in [-0.05, 0) is 43.9 Å². The van der Waals surface area contributed by atoms with Crippen LogP contribution in [0.25, 0.3) is 0 Å². The minimum absolute atomic E-state index is 0. The fourth-order valence-corrected chi connectivity index (χ4v) is 2.75. The summed E-state index contributed by atoms with van der Waals surface area (Å²) in [7, 11) is 0. The second kappa shape index (κ2) is 12.5.